The molecule has 0 fully saturated rings. The molecule has 0 aliphatic heterocycles. The van der Waals surface area contributed by atoms with Crippen molar-refractivity contribution in [1.82, 2.24) is 15.5 Å². The average molecular weight is 410 g/mol. The Labute approximate surface area is 175 Å². The summed E-state index contributed by atoms with van der Waals surface area (Å²) in [7, 11) is 0. The van der Waals surface area contributed by atoms with E-state index in [1.807, 2.05) is 51.1 Å². The first kappa shape index (κ1) is 24.4. The van der Waals surface area contributed by atoms with Crippen LogP contribution in [-0.4, -0.2) is 41.3 Å². The average Bonchev–Trinajstić information content (AvgIpc) is 2.71. The van der Waals surface area contributed by atoms with Crippen LogP contribution in [0.3, 0.4) is 0 Å². The second-order valence-electron chi connectivity index (χ2n) is 7.70. The van der Waals surface area contributed by atoms with E-state index in [9.17, 15) is 9.59 Å². The van der Waals surface area contributed by atoms with E-state index in [1.165, 1.54) is 0 Å². The van der Waals surface area contributed by atoms with Gasteiger partial charge in [-0.25, -0.2) is 0 Å². The number of amides is 2. The van der Waals surface area contributed by atoms with Crippen LogP contribution >= 0.6 is 11.6 Å². The molecule has 0 radical (unpaired) electrons. The number of rotatable bonds is 12. The van der Waals surface area contributed by atoms with Gasteiger partial charge in [-0.1, -0.05) is 65.0 Å². The van der Waals surface area contributed by atoms with Crippen LogP contribution in [0.4, 0.5) is 0 Å². The Morgan fingerprint density at radius 2 is 1.79 bits per heavy atom. The molecule has 0 saturated heterocycles. The zero-order valence-corrected chi connectivity index (χ0v) is 18.7. The van der Waals surface area contributed by atoms with E-state index in [1.54, 1.807) is 4.90 Å². The third-order valence-corrected chi connectivity index (χ3v) is 5.26. The first-order valence-corrected chi connectivity index (χ1v) is 10.8. The van der Waals surface area contributed by atoms with Gasteiger partial charge in [0.25, 0.3) is 5.91 Å². The minimum Gasteiger partial charge on any atom is -0.349 e. The van der Waals surface area contributed by atoms with Crippen molar-refractivity contribution in [1.29, 1.82) is 0 Å². The summed E-state index contributed by atoms with van der Waals surface area (Å²) in [4.78, 5) is 28.0. The Balaban J connectivity index is 3.30. The van der Waals surface area contributed by atoms with Gasteiger partial charge in [0.15, 0.2) is 5.66 Å². The summed E-state index contributed by atoms with van der Waals surface area (Å²) < 4.78 is 0. The molecular weight excluding hydrogens is 374 g/mol. The minimum absolute atomic E-state index is 0.0826. The summed E-state index contributed by atoms with van der Waals surface area (Å²) >= 11 is 5.93. The van der Waals surface area contributed by atoms with Gasteiger partial charge in [0, 0.05) is 25.6 Å². The molecule has 2 atom stereocenters. The Kier molecular flexibility index (Phi) is 10.5. The SMILES string of the molecule is CCCN(C(=O)CCl)[C@](NCC(C)C)(C(=O)NCc1ccccc1)[C@@H](C)CC. The number of benzene rings is 1. The number of carbonyl (C=O) groups is 2. The zero-order valence-electron chi connectivity index (χ0n) is 17.9. The van der Waals surface area contributed by atoms with Crippen LogP contribution in [0, 0.1) is 11.8 Å². The van der Waals surface area contributed by atoms with Crippen molar-refractivity contribution >= 4 is 23.4 Å². The monoisotopic (exact) mass is 409 g/mol. The van der Waals surface area contributed by atoms with Crippen LogP contribution in [0.1, 0.15) is 53.0 Å². The highest BCUT2D eigenvalue weighted by atomic mass is 35.5. The molecule has 0 heterocycles. The second-order valence-corrected chi connectivity index (χ2v) is 7.96. The van der Waals surface area contributed by atoms with Gasteiger partial charge in [0.1, 0.15) is 5.88 Å². The van der Waals surface area contributed by atoms with E-state index < -0.39 is 5.66 Å². The summed E-state index contributed by atoms with van der Waals surface area (Å²) in [6, 6.07) is 9.78. The van der Waals surface area contributed by atoms with Gasteiger partial charge in [0.2, 0.25) is 5.91 Å². The van der Waals surface area contributed by atoms with Crippen LogP contribution < -0.4 is 10.6 Å². The normalized spacial score (nSPS) is 14.4. The molecule has 0 saturated carbocycles. The number of hydrogen-bond donors (Lipinski definition) is 2. The first-order chi connectivity index (χ1) is 13.3. The Bertz CT molecular complexity index is 609. The molecule has 0 bridgehead atoms. The third kappa shape index (κ3) is 6.21. The highest BCUT2D eigenvalue weighted by molar-refractivity contribution is 6.27. The fourth-order valence-corrected chi connectivity index (χ4v) is 3.47. The summed E-state index contributed by atoms with van der Waals surface area (Å²) in [6.07, 6.45) is 1.50. The lowest BCUT2D eigenvalue weighted by Crippen LogP contribution is -2.72. The molecule has 6 heteroatoms. The molecule has 2 amide bonds. The topological polar surface area (TPSA) is 61.4 Å². The van der Waals surface area contributed by atoms with Crippen molar-refractivity contribution in [2.24, 2.45) is 11.8 Å². The summed E-state index contributed by atoms with van der Waals surface area (Å²) in [5, 5.41) is 6.51. The van der Waals surface area contributed by atoms with E-state index >= 15 is 0 Å². The molecule has 1 rings (SSSR count). The van der Waals surface area contributed by atoms with Crippen molar-refractivity contribution in [3.63, 3.8) is 0 Å². The molecule has 0 unspecified atom stereocenters. The van der Waals surface area contributed by atoms with Gasteiger partial charge in [-0.2, -0.15) is 0 Å². The lowest BCUT2D eigenvalue weighted by atomic mass is 9.87. The van der Waals surface area contributed by atoms with Crippen molar-refractivity contribution in [3.05, 3.63) is 35.9 Å². The summed E-state index contributed by atoms with van der Waals surface area (Å²) in [5.74, 6) is -0.304. The number of alkyl halides is 1. The lowest BCUT2D eigenvalue weighted by Gasteiger charge is -2.47. The van der Waals surface area contributed by atoms with Crippen molar-refractivity contribution < 1.29 is 9.59 Å². The molecule has 0 aliphatic carbocycles. The largest absolute Gasteiger partial charge is 0.349 e. The maximum atomic E-state index is 13.6. The predicted molar refractivity (Wildman–Crippen MR) is 116 cm³/mol. The third-order valence-electron chi connectivity index (χ3n) is 5.04. The maximum absolute atomic E-state index is 13.6. The molecule has 0 spiro atoms. The van der Waals surface area contributed by atoms with E-state index in [0.717, 1.165) is 18.4 Å². The quantitative estimate of drug-likeness (QED) is 0.408. The molecule has 2 N–H and O–H groups in total. The standard InChI is InChI=1S/C22H36ClN3O2/c1-6-13-26(20(27)14-23)22(18(5)7-2,25-15-17(3)4)21(28)24-16-19-11-9-8-10-12-19/h8-12,17-18,25H,6-7,13-16H2,1-5H3,(H,24,28)/t18-,22-/m0/s1. The highest BCUT2D eigenvalue weighted by Crippen LogP contribution is 2.27. The smallest absolute Gasteiger partial charge is 0.261 e. The van der Waals surface area contributed by atoms with Crippen LogP contribution in [-0.2, 0) is 16.1 Å². The van der Waals surface area contributed by atoms with Gasteiger partial charge >= 0.3 is 0 Å². The van der Waals surface area contributed by atoms with Gasteiger partial charge in [-0.05, 0) is 24.3 Å². The van der Waals surface area contributed by atoms with E-state index in [4.69, 9.17) is 11.6 Å². The van der Waals surface area contributed by atoms with Crippen LogP contribution in [0.2, 0.25) is 0 Å². The Morgan fingerprint density at radius 3 is 2.29 bits per heavy atom. The number of nitrogens with one attached hydrogen (secondary N) is 2. The van der Waals surface area contributed by atoms with Crippen molar-refractivity contribution in [3.8, 4) is 0 Å². The molecule has 0 aliphatic rings. The van der Waals surface area contributed by atoms with Gasteiger partial charge < -0.3 is 10.2 Å². The Morgan fingerprint density at radius 1 is 1.14 bits per heavy atom. The number of hydrogen-bond acceptors (Lipinski definition) is 3. The van der Waals surface area contributed by atoms with Gasteiger partial charge in [-0.15, -0.1) is 11.6 Å². The predicted octanol–water partition coefficient (Wildman–Crippen LogP) is 3.77. The van der Waals surface area contributed by atoms with Gasteiger partial charge in [0.05, 0.1) is 0 Å². The maximum Gasteiger partial charge on any atom is 0.261 e. The molecule has 1 aromatic carbocycles. The Hall–Kier alpha value is -1.59. The van der Waals surface area contributed by atoms with E-state index in [-0.39, 0.29) is 23.6 Å². The first-order valence-electron chi connectivity index (χ1n) is 10.3. The number of nitrogens with zero attached hydrogens (tertiary/aromatic N) is 1. The molecule has 158 valence electrons. The summed E-state index contributed by atoms with van der Waals surface area (Å²) in [5.41, 5.74) is -0.112. The molecular formula is C22H36ClN3O2. The van der Waals surface area contributed by atoms with Crippen molar-refractivity contribution in [2.75, 3.05) is 19.0 Å². The number of carbonyl (C=O) groups excluding carboxylic acids is 2. The minimum atomic E-state index is -1.13. The summed E-state index contributed by atoms with van der Waals surface area (Å²) in [6.45, 7) is 11.7. The molecule has 28 heavy (non-hydrogen) atoms. The molecule has 1 aromatic rings. The van der Waals surface area contributed by atoms with Crippen molar-refractivity contribution in [2.45, 2.75) is 59.7 Å². The lowest BCUT2D eigenvalue weighted by molar-refractivity contribution is -0.154. The second kappa shape index (κ2) is 12.1. The van der Waals surface area contributed by atoms with Crippen LogP contribution in [0.5, 0.6) is 0 Å². The van der Waals surface area contributed by atoms with Gasteiger partial charge in [-0.3, -0.25) is 14.9 Å². The highest BCUT2D eigenvalue weighted by Gasteiger charge is 2.49. The fraction of sp³-hybridized carbons (Fsp3) is 0.636. The number of halogens is 1. The zero-order chi connectivity index (χ0) is 21.2. The van der Waals surface area contributed by atoms with E-state index in [2.05, 4.69) is 24.5 Å². The fourth-order valence-electron chi connectivity index (χ4n) is 3.32. The molecule has 0 aromatic heterocycles. The van der Waals surface area contributed by atoms with E-state index in [0.29, 0.717) is 25.6 Å². The van der Waals surface area contributed by atoms with Crippen LogP contribution in [0.25, 0.3) is 0 Å². The van der Waals surface area contributed by atoms with Crippen LogP contribution in [0.15, 0.2) is 30.3 Å². The molecule has 5 nitrogen and oxygen atoms in total.